The molecule has 0 bridgehead atoms. The number of carboxylic acids is 1. The number of nitrogens with one attached hydrogen (secondary N) is 1. The molecule has 0 fully saturated rings. The number of carboxylic acid groups (broad SMARTS) is 1. The quantitative estimate of drug-likeness (QED) is 0.437. The summed E-state index contributed by atoms with van der Waals surface area (Å²) < 4.78 is 11.5. The molecule has 0 heterocycles. The first-order valence-corrected chi connectivity index (χ1v) is 10.2. The maximum absolute atomic E-state index is 10.9. The van der Waals surface area contributed by atoms with E-state index in [0.717, 1.165) is 16.7 Å². The van der Waals surface area contributed by atoms with Gasteiger partial charge in [0.05, 0.1) is 24.1 Å². The third kappa shape index (κ3) is 6.19. The lowest BCUT2D eigenvalue weighted by molar-refractivity contribution is -0.137. The van der Waals surface area contributed by atoms with Crippen molar-refractivity contribution in [3.63, 3.8) is 0 Å². The van der Waals surface area contributed by atoms with Crippen LogP contribution < -0.4 is 9.47 Å². The number of nitriles is 1. The molecule has 0 spiro atoms. The topological polar surface area (TPSA) is 103 Å². The number of benzene rings is 3. The minimum Gasteiger partial charge on any atom is -0.489 e. The van der Waals surface area contributed by atoms with Crippen LogP contribution in [0.5, 0.6) is 11.5 Å². The molecule has 0 aliphatic carbocycles. The second-order valence-corrected chi connectivity index (χ2v) is 7.36. The van der Waals surface area contributed by atoms with Crippen LogP contribution in [0.4, 0.5) is 0 Å². The van der Waals surface area contributed by atoms with Gasteiger partial charge in [-0.3, -0.25) is 4.79 Å². The summed E-state index contributed by atoms with van der Waals surface area (Å²) in [6.07, 6.45) is -0.225. The summed E-state index contributed by atoms with van der Waals surface area (Å²) in [6, 6.07) is 24.3. The minimum absolute atomic E-state index is 0.192. The molecule has 2 N–H and O–H groups in total. The lowest BCUT2D eigenvalue weighted by Gasteiger charge is -2.13. The highest BCUT2D eigenvalue weighted by Gasteiger charge is 2.17. The fourth-order valence-electron chi connectivity index (χ4n) is 3.26. The van der Waals surface area contributed by atoms with E-state index < -0.39 is 11.9 Å². The van der Waals surface area contributed by atoms with Crippen molar-refractivity contribution in [2.24, 2.45) is 0 Å². The fraction of sp³-hybridized carbons (Fsp3) is 0.192. The highest BCUT2D eigenvalue weighted by Crippen LogP contribution is 2.26. The van der Waals surface area contributed by atoms with Crippen molar-refractivity contribution >= 4 is 11.7 Å². The molecule has 0 aliphatic heterocycles. The van der Waals surface area contributed by atoms with Crippen molar-refractivity contribution in [2.45, 2.75) is 25.9 Å². The molecule has 0 saturated heterocycles. The van der Waals surface area contributed by atoms with Gasteiger partial charge in [-0.25, -0.2) is 0 Å². The van der Waals surface area contributed by atoms with E-state index in [1.54, 1.807) is 12.1 Å². The normalized spacial score (nSPS) is 11.2. The maximum Gasteiger partial charge on any atom is 0.305 e. The molecule has 1 atom stereocenters. The number of hydrogen-bond acceptors (Lipinski definition) is 5. The standard InChI is InChI=1S/C26H24N2O4/c1-18-13-23(11-12-24(18)21(15-27)14-26(29)30)31-16-19-7-9-22(10-8-19)32-17-25(28)20-5-3-2-4-6-20/h2-13,21,28H,14,16-17H2,1H3,(H,29,30). The summed E-state index contributed by atoms with van der Waals surface area (Å²) in [7, 11) is 0. The number of carbonyl (C=O) groups is 1. The first kappa shape index (κ1) is 22.6. The summed E-state index contributed by atoms with van der Waals surface area (Å²) in [5.74, 6) is -0.358. The Labute approximate surface area is 187 Å². The Kier molecular flexibility index (Phi) is 7.60. The van der Waals surface area contributed by atoms with Gasteiger partial charge in [-0.2, -0.15) is 5.26 Å². The summed E-state index contributed by atoms with van der Waals surface area (Å²) in [6.45, 7) is 2.39. The zero-order chi connectivity index (χ0) is 22.9. The van der Waals surface area contributed by atoms with Gasteiger partial charge in [0, 0.05) is 0 Å². The Balaban J connectivity index is 1.54. The lowest BCUT2D eigenvalue weighted by Crippen LogP contribution is -2.11. The summed E-state index contributed by atoms with van der Waals surface area (Å²) in [5, 5.41) is 26.3. The third-order valence-electron chi connectivity index (χ3n) is 4.99. The highest BCUT2D eigenvalue weighted by atomic mass is 16.5. The Morgan fingerprint density at radius 2 is 1.72 bits per heavy atom. The Morgan fingerprint density at radius 1 is 1.03 bits per heavy atom. The number of aryl methyl sites for hydroxylation is 1. The zero-order valence-corrected chi connectivity index (χ0v) is 17.7. The molecule has 6 nitrogen and oxygen atoms in total. The van der Waals surface area contributed by atoms with Crippen LogP contribution >= 0.6 is 0 Å². The monoisotopic (exact) mass is 428 g/mol. The lowest BCUT2D eigenvalue weighted by atomic mass is 9.93. The first-order valence-electron chi connectivity index (χ1n) is 10.2. The van der Waals surface area contributed by atoms with Crippen molar-refractivity contribution in [3.05, 3.63) is 95.1 Å². The predicted molar refractivity (Wildman–Crippen MR) is 121 cm³/mol. The minimum atomic E-state index is -0.999. The van der Waals surface area contributed by atoms with Crippen LogP contribution in [0.2, 0.25) is 0 Å². The van der Waals surface area contributed by atoms with E-state index in [0.29, 0.717) is 29.4 Å². The molecule has 0 amide bonds. The van der Waals surface area contributed by atoms with Gasteiger partial charge < -0.3 is 20.0 Å². The Hall–Kier alpha value is -4.11. The predicted octanol–water partition coefficient (Wildman–Crippen LogP) is 5.10. The van der Waals surface area contributed by atoms with E-state index in [2.05, 4.69) is 6.07 Å². The van der Waals surface area contributed by atoms with Crippen molar-refractivity contribution in [1.82, 2.24) is 0 Å². The molecule has 0 radical (unpaired) electrons. The van der Waals surface area contributed by atoms with Crippen LogP contribution in [0, 0.1) is 23.7 Å². The van der Waals surface area contributed by atoms with Crippen LogP contribution in [-0.4, -0.2) is 23.4 Å². The number of hydrogen-bond donors (Lipinski definition) is 2. The van der Waals surface area contributed by atoms with Crippen molar-refractivity contribution in [1.29, 1.82) is 10.7 Å². The maximum atomic E-state index is 10.9. The summed E-state index contributed by atoms with van der Waals surface area (Å²) >= 11 is 0. The number of aliphatic carboxylic acids is 1. The average Bonchev–Trinajstić information content (AvgIpc) is 2.81. The van der Waals surface area contributed by atoms with E-state index in [1.165, 1.54) is 0 Å². The van der Waals surface area contributed by atoms with E-state index in [4.69, 9.17) is 20.0 Å². The van der Waals surface area contributed by atoms with Gasteiger partial charge in [0.25, 0.3) is 0 Å². The van der Waals surface area contributed by atoms with Crippen molar-refractivity contribution in [3.8, 4) is 17.6 Å². The van der Waals surface area contributed by atoms with Crippen molar-refractivity contribution < 1.29 is 19.4 Å². The molecule has 3 aromatic rings. The third-order valence-corrected chi connectivity index (χ3v) is 4.99. The van der Waals surface area contributed by atoms with Crippen LogP contribution in [0.25, 0.3) is 0 Å². The van der Waals surface area contributed by atoms with E-state index >= 15 is 0 Å². The molecule has 6 heteroatoms. The molecule has 3 rings (SSSR count). The number of ether oxygens (including phenoxy) is 2. The number of rotatable bonds is 10. The van der Waals surface area contributed by atoms with Crippen LogP contribution in [0.1, 0.15) is 34.6 Å². The van der Waals surface area contributed by atoms with E-state index in [1.807, 2.05) is 67.6 Å². The van der Waals surface area contributed by atoms with Crippen molar-refractivity contribution in [2.75, 3.05) is 6.61 Å². The second kappa shape index (κ2) is 10.8. The molecule has 3 aromatic carbocycles. The largest absolute Gasteiger partial charge is 0.489 e. The fourth-order valence-corrected chi connectivity index (χ4v) is 3.26. The van der Waals surface area contributed by atoms with E-state index in [9.17, 15) is 10.1 Å². The van der Waals surface area contributed by atoms with Gasteiger partial charge in [0.15, 0.2) is 0 Å². The van der Waals surface area contributed by atoms with Gasteiger partial charge >= 0.3 is 5.97 Å². The van der Waals surface area contributed by atoms with Gasteiger partial charge in [-0.15, -0.1) is 0 Å². The zero-order valence-electron chi connectivity index (χ0n) is 17.7. The Morgan fingerprint density at radius 3 is 2.34 bits per heavy atom. The first-order chi connectivity index (χ1) is 15.5. The molecule has 1 unspecified atom stereocenters. The number of nitrogens with zero attached hydrogens (tertiary/aromatic N) is 1. The molecule has 0 aromatic heterocycles. The van der Waals surface area contributed by atoms with Gasteiger partial charge in [-0.1, -0.05) is 48.5 Å². The molecule has 162 valence electrons. The average molecular weight is 428 g/mol. The van der Waals surface area contributed by atoms with E-state index in [-0.39, 0.29) is 13.0 Å². The molecular formula is C26H24N2O4. The van der Waals surface area contributed by atoms with Crippen LogP contribution in [0.15, 0.2) is 72.8 Å². The van der Waals surface area contributed by atoms with Gasteiger partial charge in [0.2, 0.25) is 0 Å². The smallest absolute Gasteiger partial charge is 0.305 e. The molecule has 0 aliphatic rings. The second-order valence-electron chi connectivity index (χ2n) is 7.36. The van der Waals surface area contributed by atoms with Crippen LogP contribution in [-0.2, 0) is 11.4 Å². The Bertz CT molecular complexity index is 1120. The molecule has 32 heavy (non-hydrogen) atoms. The summed E-state index contributed by atoms with van der Waals surface area (Å²) in [4.78, 5) is 10.9. The molecular weight excluding hydrogens is 404 g/mol. The highest BCUT2D eigenvalue weighted by molar-refractivity contribution is 5.99. The summed E-state index contributed by atoms with van der Waals surface area (Å²) in [5.41, 5.74) is 3.73. The van der Waals surface area contributed by atoms with Crippen LogP contribution in [0.3, 0.4) is 0 Å². The van der Waals surface area contributed by atoms with Gasteiger partial charge in [0.1, 0.15) is 24.7 Å². The molecule has 0 saturated carbocycles. The van der Waals surface area contributed by atoms with Gasteiger partial charge in [-0.05, 0) is 53.4 Å². The SMILES string of the molecule is Cc1cc(OCc2ccc(OCC(=N)c3ccccc3)cc2)ccc1C(C#N)CC(=O)O.